The molecule has 1 aliphatic heterocycles. The second-order valence-corrected chi connectivity index (χ2v) is 13.0. The Morgan fingerprint density at radius 1 is 0.810 bits per heavy atom. The molecule has 0 radical (unpaired) electrons. The van der Waals surface area contributed by atoms with Crippen LogP contribution < -0.4 is 23.8 Å². The zero-order chi connectivity index (χ0) is 29.9. The van der Waals surface area contributed by atoms with Gasteiger partial charge in [0, 0.05) is 16.8 Å². The van der Waals surface area contributed by atoms with Gasteiger partial charge >= 0.3 is 0 Å². The van der Waals surface area contributed by atoms with Crippen LogP contribution in [0.5, 0.6) is 11.5 Å². The molecule has 0 spiro atoms. The van der Waals surface area contributed by atoms with Crippen molar-refractivity contribution in [3.8, 4) is 11.5 Å². The first-order valence-corrected chi connectivity index (χ1v) is 15.7. The van der Waals surface area contributed by atoms with E-state index in [0.29, 0.717) is 17.4 Å². The summed E-state index contributed by atoms with van der Waals surface area (Å²) in [7, 11) is -8.28. The van der Waals surface area contributed by atoms with Crippen molar-refractivity contribution in [3.63, 3.8) is 0 Å². The van der Waals surface area contributed by atoms with Gasteiger partial charge in [0.25, 0.3) is 20.0 Å². The number of halogens is 2. The van der Waals surface area contributed by atoms with Gasteiger partial charge in [-0.1, -0.05) is 17.7 Å². The lowest BCUT2D eigenvalue weighted by Crippen LogP contribution is -2.38. The van der Waals surface area contributed by atoms with Crippen LogP contribution in [0.25, 0.3) is 0 Å². The summed E-state index contributed by atoms with van der Waals surface area (Å²) in [4.78, 5) is 12.8. The summed E-state index contributed by atoms with van der Waals surface area (Å²) in [6, 6.07) is 20.2. The molecule has 1 aliphatic rings. The summed E-state index contributed by atoms with van der Waals surface area (Å²) >= 11 is 5.92. The molecule has 0 saturated carbocycles. The molecule has 0 unspecified atom stereocenters. The van der Waals surface area contributed by atoms with Crippen LogP contribution >= 0.6 is 11.6 Å². The number of benzene rings is 4. The Morgan fingerprint density at radius 2 is 1.48 bits per heavy atom. The van der Waals surface area contributed by atoms with Crippen LogP contribution in [0.1, 0.15) is 0 Å². The molecule has 14 heteroatoms. The Labute approximate surface area is 246 Å². The number of anilines is 3. The zero-order valence-electron chi connectivity index (χ0n) is 21.7. The Morgan fingerprint density at radius 3 is 2.17 bits per heavy atom. The van der Waals surface area contributed by atoms with E-state index < -0.39 is 38.3 Å². The first kappa shape index (κ1) is 29.2. The molecule has 0 fully saturated rings. The van der Waals surface area contributed by atoms with Crippen molar-refractivity contribution in [1.82, 2.24) is 0 Å². The Hall–Kier alpha value is -4.33. The minimum absolute atomic E-state index is 0.0509. The van der Waals surface area contributed by atoms with Gasteiger partial charge in [-0.15, -0.1) is 0 Å². The van der Waals surface area contributed by atoms with Gasteiger partial charge in [-0.25, -0.2) is 21.2 Å². The summed E-state index contributed by atoms with van der Waals surface area (Å²) in [5.41, 5.74) is 0.549. The Balaban J connectivity index is 1.35. The molecule has 0 bridgehead atoms. The number of rotatable bonds is 9. The fourth-order valence-electron chi connectivity index (χ4n) is 4.05. The predicted molar refractivity (Wildman–Crippen MR) is 156 cm³/mol. The normalized spacial score (nSPS) is 12.8. The van der Waals surface area contributed by atoms with Gasteiger partial charge in [0.05, 0.1) is 21.2 Å². The van der Waals surface area contributed by atoms with Crippen molar-refractivity contribution in [3.05, 3.63) is 102 Å². The zero-order valence-corrected chi connectivity index (χ0v) is 24.0. The second-order valence-electron chi connectivity index (χ2n) is 8.98. The number of hydrogen-bond donors (Lipinski definition) is 2. The van der Waals surface area contributed by atoms with Crippen molar-refractivity contribution in [2.24, 2.45) is 0 Å². The number of hydrogen-bond acceptors (Lipinski definition) is 7. The monoisotopic (exact) mass is 631 g/mol. The minimum atomic E-state index is -4.33. The van der Waals surface area contributed by atoms with Gasteiger partial charge in [-0.2, -0.15) is 0 Å². The number of amides is 1. The fourth-order valence-corrected chi connectivity index (χ4v) is 6.72. The number of nitrogens with one attached hydrogen (secondary N) is 2. The van der Waals surface area contributed by atoms with Gasteiger partial charge in [-0.3, -0.25) is 13.8 Å². The van der Waals surface area contributed by atoms with Gasteiger partial charge in [-0.05, 0) is 78.9 Å². The predicted octanol–water partition coefficient (Wildman–Crippen LogP) is 4.89. The number of nitrogens with zero attached hydrogens (tertiary/aromatic N) is 1. The third kappa shape index (κ3) is 6.59. The second kappa shape index (κ2) is 11.9. The van der Waals surface area contributed by atoms with E-state index in [4.69, 9.17) is 21.1 Å². The molecule has 218 valence electrons. The number of carbonyl (C=O) groups excluding carboxylic acids is 1. The van der Waals surface area contributed by atoms with Crippen LogP contribution in [-0.2, 0) is 24.8 Å². The molecule has 42 heavy (non-hydrogen) atoms. The SMILES string of the molecule is O=C(CN(c1ccc(F)cc1)S(=O)(=O)c1ccc2c(c1)OCCO2)Nc1ccc(S(=O)(=O)Nc2cccc(Cl)c2)cc1. The van der Waals surface area contributed by atoms with Crippen LogP contribution in [0.15, 0.2) is 101 Å². The topological polar surface area (TPSA) is 131 Å². The van der Waals surface area contributed by atoms with Crippen LogP contribution in [0.2, 0.25) is 5.02 Å². The highest BCUT2D eigenvalue weighted by molar-refractivity contribution is 7.93. The average molecular weight is 632 g/mol. The lowest BCUT2D eigenvalue weighted by molar-refractivity contribution is -0.114. The van der Waals surface area contributed by atoms with E-state index in [0.717, 1.165) is 16.4 Å². The van der Waals surface area contributed by atoms with E-state index >= 15 is 0 Å². The highest BCUT2D eigenvalue weighted by Gasteiger charge is 2.29. The van der Waals surface area contributed by atoms with E-state index in [1.807, 2.05) is 0 Å². The third-order valence-corrected chi connectivity index (χ3v) is 9.43. The maximum Gasteiger partial charge on any atom is 0.264 e. The number of sulfonamides is 2. The van der Waals surface area contributed by atoms with Crippen molar-refractivity contribution in [2.75, 3.05) is 34.1 Å². The summed E-state index contributed by atoms with van der Waals surface area (Å²) in [5.74, 6) is -0.682. The van der Waals surface area contributed by atoms with E-state index in [-0.39, 0.29) is 39.2 Å². The average Bonchev–Trinajstić information content (AvgIpc) is 2.96. The van der Waals surface area contributed by atoms with Gasteiger partial charge < -0.3 is 14.8 Å². The molecule has 0 atom stereocenters. The Bertz CT molecular complexity index is 1840. The minimum Gasteiger partial charge on any atom is -0.486 e. The summed E-state index contributed by atoms with van der Waals surface area (Å²) in [6.07, 6.45) is 0. The van der Waals surface area contributed by atoms with Crippen molar-refractivity contribution >= 4 is 54.6 Å². The van der Waals surface area contributed by atoms with Crippen LogP contribution in [0.3, 0.4) is 0 Å². The summed E-state index contributed by atoms with van der Waals surface area (Å²) < 4.78 is 80.7. The van der Waals surface area contributed by atoms with E-state index in [9.17, 15) is 26.0 Å². The molecular weight excluding hydrogens is 609 g/mol. The molecule has 0 aliphatic carbocycles. The van der Waals surface area contributed by atoms with Crippen LogP contribution in [-0.4, -0.2) is 42.5 Å². The quantitative estimate of drug-likeness (QED) is 0.269. The molecule has 10 nitrogen and oxygen atoms in total. The molecule has 1 heterocycles. The lowest BCUT2D eigenvalue weighted by atomic mass is 10.3. The number of carbonyl (C=O) groups is 1. The maximum atomic E-state index is 13.7. The fraction of sp³-hybridized carbons (Fsp3) is 0.107. The first-order valence-electron chi connectivity index (χ1n) is 12.4. The maximum absolute atomic E-state index is 13.7. The number of fused-ring (bicyclic) bond motifs is 1. The summed E-state index contributed by atoms with van der Waals surface area (Å²) in [6.45, 7) is -0.0948. The largest absolute Gasteiger partial charge is 0.486 e. The smallest absolute Gasteiger partial charge is 0.264 e. The standard InChI is InChI=1S/C28H23ClFN3O7S2/c29-19-2-1-3-22(16-19)32-41(35,36)24-10-6-21(7-11-24)31-28(34)18-33(23-8-4-20(30)5-9-23)42(37,38)25-12-13-26-27(17-25)40-15-14-39-26/h1-13,16-17,32H,14-15,18H2,(H,31,34). The molecule has 1 amide bonds. The van der Waals surface area contributed by atoms with Crippen molar-refractivity contribution < 1.29 is 35.5 Å². The molecule has 0 saturated heterocycles. The summed E-state index contributed by atoms with van der Waals surface area (Å²) in [5, 5.41) is 2.93. The van der Waals surface area contributed by atoms with Gasteiger partial charge in [0.1, 0.15) is 25.6 Å². The third-order valence-electron chi connectivity index (χ3n) is 6.03. The van der Waals surface area contributed by atoms with E-state index in [1.165, 1.54) is 60.7 Å². The Kier molecular flexibility index (Phi) is 8.25. The van der Waals surface area contributed by atoms with Crippen LogP contribution in [0.4, 0.5) is 21.5 Å². The van der Waals surface area contributed by atoms with E-state index in [2.05, 4.69) is 10.0 Å². The first-order chi connectivity index (χ1) is 20.0. The van der Waals surface area contributed by atoms with Crippen molar-refractivity contribution in [1.29, 1.82) is 0 Å². The van der Waals surface area contributed by atoms with Crippen LogP contribution in [0, 0.1) is 5.82 Å². The molecule has 5 rings (SSSR count). The van der Waals surface area contributed by atoms with E-state index in [1.54, 1.807) is 18.2 Å². The van der Waals surface area contributed by atoms with Gasteiger partial charge in [0.2, 0.25) is 5.91 Å². The van der Waals surface area contributed by atoms with Gasteiger partial charge in [0.15, 0.2) is 11.5 Å². The van der Waals surface area contributed by atoms with Crippen molar-refractivity contribution in [2.45, 2.75) is 9.79 Å². The highest BCUT2D eigenvalue weighted by Crippen LogP contribution is 2.34. The highest BCUT2D eigenvalue weighted by atomic mass is 35.5. The lowest BCUT2D eigenvalue weighted by Gasteiger charge is -2.25. The molecule has 0 aromatic heterocycles. The molecule has 4 aromatic carbocycles. The molecule has 4 aromatic rings. The number of ether oxygens (including phenoxy) is 2. The molecular formula is C28H23ClFN3O7S2. The molecule has 2 N–H and O–H groups in total.